The van der Waals surface area contributed by atoms with E-state index < -0.39 is 0 Å². The van der Waals surface area contributed by atoms with E-state index in [1.54, 1.807) is 18.4 Å². The highest BCUT2D eigenvalue weighted by molar-refractivity contribution is 7.10. The van der Waals surface area contributed by atoms with Crippen LogP contribution in [-0.2, 0) is 11.3 Å². The molecule has 2 rings (SSSR count). The van der Waals surface area contributed by atoms with E-state index in [0.29, 0.717) is 6.54 Å². The number of thiophene rings is 1. The van der Waals surface area contributed by atoms with Gasteiger partial charge in [0, 0.05) is 17.5 Å². The Morgan fingerprint density at radius 2 is 2.00 bits per heavy atom. The number of carbonyl (C=O) groups excluding carboxylic acids is 1. The first-order valence-electron chi connectivity index (χ1n) is 5.91. The fourth-order valence-corrected chi connectivity index (χ4v) is 2.44. The standard InChI is InChI=1S/C14H16N2O2S/c1-10(17)16-13-7-8-19-14(13)9-15-11-3-5-12(18-2)6-4-11/h3-8,15H,9H2,1-2H3,(H,16,17). The predicted octanol–water partition coefficient (Wildman–Crippen LogP) is 3.33. The van der Waals surface area contributed by atoms with Crippen molar-refractivity contribution in [3.63, 3.8) is 0 Å². The van der Waals surface area contributed by atoms with Gasteiger partial charge >= 0.3 is 0 Å². The second-order valence-electron chi connectivity index (χ2n) is 4.02. The van der Waals surface area contributed by atoms with Gasteiger partial charge < -0.3 is 15.4 Å². The van der Waals surface area contributed by atoms with Crippen molar-refractivity contribution >= 4 is 28.6 Å². The maximum absolute atomic E-state index is 11.1. The minimum absolute atomic E-state index is 0.0518. The Morgan fingerprint density at radius 1 is 1.26 bits per heavy atom. The molecule has 5 heteroatoms. The molecule has 0 saturated carbocycles. The molecule has 0 unspecified atom stereocenters. The number of carbonyl (C=O) groups is 1. The van der Waals surface area contributed by atoms with E-state index >= 15 is 0 Å². The van der Waals surface area contributed by atoms with Crippen LogP contribution in [0.2, 0.25) is 0 Å². The monoisotopic (exact) mass is 276 g/mol. The van der Waals surface area contributed by atoms with Gasteiger partial charge in [-0.15, -0.1) is 11.3 Å². The van der Waals surface area contributed by atoms with Crippen LogP contribution in [0.1, 0.15) is 11.8 Å². The molecule has 1 amide bonds. The van der Waals surface area contributed by atoms with Gasteiger partial charge in [-0.05, 0) is 35.7 Å². The van der Waals surface area contributed by atoms with Crippen molar-refractivity contribution in [2.75, 3.05) is 17.7 Å². The Morgan fingerprint density at radius 3 is 2.63 bits per heavy atom. The molecule has 0 radical (unpaired) electrons. The van der Waals surface area contributed by atoms with Crippen molar-refractivity contribution in [2.45, 2.75) is 13.5 Å². The highest BCUT2D eigenvalue weighted by Crippen LogP contribution is 2.24. The molecule has 2 aromatic rings. The average molecular weight is 276 g/mol. The van der Waals surface area contributed by atoms with Crippen LogP contribution in [-0.4, -0.2) is 13.0 Å². The summed E-state index contributed by atoms with van der Waals surface area (Å²) in [6.45, 7) is 2.19. The number of methoxy groups -OCH3 is 1. The lowest BCUT2D eigenvalue weighted by molar-refractivity contribution is -0.114. The lowest BCUT2D eigenvalue weighted by Crippen LogP contribution is -2.08. The zero-order chi connectivity index (χ0) is 13.7. The first-order chi connectivity index (χ1) is 9.19. The van der Waals surface area contributed by atoms with Crippen LogP contribution in [0.25, 0.3) is 0 Å². The summed E-state index contributed by atoms with van der Waals surface area (Å²) in [6, 6.07) is 9.66. The Hall–Kier alpha value is -2.01. The zero-order valence-electron chi connectivity index (χ0n) is 10.9. The van der Waals surface area contributed by atoms with Gasteiger partial charge in [-0.1, -0.05) is 0 Å². The summed E-state index contributed by atoms with van der Waals surface area (Å²) < 4.78 is 5.11. The summed E-state index contributed by atoms with van der Waals surface area (Å²) in [6.07, 6.45) is 0. The number of amides is 1. The fourth-order valence-electron chi connectivity index (χ4n) is 1.67. The van der Waals surface area contributed by atoms with Crippen LogP contribution in [0.3, 0.4) is 0 Å². The highest BCUT2D eigenvalue weighted by atomic mass is 32.1. The van der Waals surface area contributed by atoms with Crippen LogP contribution >= 0.6 is 11.3 Å². The molecule has 1 aromatic heterocycles. The Kier molecular flexibility index (Phi) is 4.41. The van der Waals surface area contributed by atoms with Gasteiger partial charge in [0.05, 0.1) is 19.3 Å². The van der Waals surface area contributed by atoms with Gasteiger partial charge in [-0.25, -0.2) is 0 Å². The number of ether oxygens (including phenoxy) is 1. The number of hydrogen-bond acceptors (Lipinski definition) is 4. The molecule has 19 heavy (non-hydrogen) atoms. The lowest BCUT2D eigenvalue weighted by atomic mass is 10.3. The molecule has 2 N–H and O–H groups in total. The van der Waals surface area contributed by atoms with E-state index in [0.717, 1.165) is 22.0 Å². The lowest BCUT2D eigenvalue weighted by Gasteiger charge is -2.08. The summed E-state index contributed by atoms with van der Waals surface area (Å²) in [5, 5.41) is 8.10. The molecule has 0 fully saturated rings. The third-order valence-electron chi connectivity index (χ3n) is 2.60. The predicted molar refractivity (Wildman–Crippen MR) is 78.9 cm³/mol. The minimum atomic E-state index is -0.0518. The summed E-state index contributed by atoms with van der Waals surface area (Å²) >= 11 is 1.62. The van der Waals surface area contributed by atoms with E-state index in [2.05, 4.69) is 10.6 Å². The van der Waals surface area contributed by atoms with Gasteiger partial charge in [0.2, 0.25) is 5.91 Å². The third-order valence-corrected chi connectivity index (χ3v) is 3.52. The first kappa shape index (κ1) is 13.4. The summed E-state index contributed by atoms with van der Waals surface area (Å²) in [4.78, 5) is 12.2. The van der Waals surface area contributed by atoms with Gasteiger partial charge in [0.1, 0.15) is 5.75 Å². The second-order valence-corrected chi connectivity index (χ2v) is 5.02. The smallest absolute Gasteiger partial charge is 0.221 e. The SMILES string of the molecule is COc1ccc(NCc2sccc2NC(C)=O)cc1. The van der Waals surface area contributed by atoms with E-state index in [1.165, 1.54) is 6.92 Å². The van der Waals surface area contributed by atoms with Gasteiger partial charge in [0.15, 0.2) is 0 Å². The molecule has 0 aliphatic rings. The van der Waals surface area contributed by atoms with E-state index in [9.17, 15) is 4.79 Å². The number of anilines is 2. The van der Waals surface area contributed by atoms with E-state index in [1.807, 2.05) is 35.7 Å². The number of nitrogens with one attached hydrogen (secondary N) is 2. The average Bonchev–Trinajstić information content (AvgIpc) is 2.83. The van der Waals surface area contributed by atoms with Crippen LogP contribution in [0, 0.1) is 0 Å². The largest absolute Gasteiger partial charge is 0.497 e. The van der Waals surface area contributed by atoms with Gasteiger partial charge in [-0.2, -0.15) is 0 Å². The summed E-state index contributed by atoms with van der Waals surface area (Å²) in [5.74, 6) is 0.782. The minimum Gasteiger partial charge on any atom is -0.497 e. The molecular formula is C14H16N2O2S. The summed E-state index contributed by atoms with van der Waals surface area (Å²) in [5.41, 5.74) is 1.89. The number of benzene rings is 1. The van der Waals surface area contributed by atoms with E-state index in [-0.39, 0.29) is 5.91 Å². The molecule has 0 saturated heterocycles. The molecule has 4 nitrogen and oxygen atoms in total. The first-order valence-corrected chi connectivity index (χ1v) is 6.79. The molecule has 1 aromatic carbocycles. The van der Waals surface area contributed by atoms with E-state index in [4.69, 9.17) is 4.74 Å². The molecule has 0 spiro atoms. The van der Waals surface area contributed by atoms with Crippen molar-refractivity contribution < 1.29 is 9.53 Å². The highest BCUT2D eigenvalue weighted by Gasteiger charge is 2.05. The van der Waals surface area contributed by atoms with Gasteiger partial charge in [0.25, 0.3) is 0 Å². The van der Waals surface area contributed by atoms with Gasteiger partial charge in [-0.3, -0.25) is 4.79 Å². The maximum atomic E-state index is 11.1. The molecular weight excluding hydrogens is 260 g/mol. The Labute approximate surface area is 116 Å². The van der Waals surface area contributed by atoms with Crippen molar-refractivity contribution in [3.8, 4) is 5.75 Å². The summed E-state index contributed by atoms with van der Waals surface area (Å²) in [7, 11) is 1.65. The second kappa shape index (κ2) is 6.24. The molecule has 0 aliphatic heterocycles. The van der Waals surface area contributed by atoms with Crippen LogP contribution < -0.4 is 15.4 Å². The zero-order valence-corrected chi connectivity index (χ0v) is 11.7. The molecule has 0 aliphatic carbocycles. The third kappa shape index (κ3) is 3.72. The molecule has 100 valence electrons. The fraction of sp³-hybridized carbons (Fsp3) is 0.214. The maximum Gasteiger partial charge on any atom is 0.221 e. The molecule has 0 atom stereocenters. The topological polar surface area (TPSA) is 50.4 Å². The van der Waals surface area contributed by atoms with Crippen molar-refractivity contribution in [3.05, 3.63) is 40.6 Å². The van der Waals surface area contributed by atoms with Crippen LogP contribution in [0.4, 0.5) is 11.4 Å². The Balaban J connectivity index is 1.98. The molecule has 1 heterocycles. The van der Waals surface area contributed by atoms with Crippen LogP contribution in [0.5, 0.6) is 5.75 Å². The van der Waals surface area contributed by atoms with Crippen molar-refractivity contribution in [2.24, 2.45) is 0 Å². The number of rotatable bonds is 5. The normalized spacial score (nSPS) is 10.0. The van der Waals surface area contributed by atoms with Crippen LogP contribution in [0.15, 0.2) is 35.7 Å². The van der Waals surface area contributed by atoms with Crippen molar-refractivity contribution in [1.82, 2.24) is 0 Å². The quantitative estimate of drug-likeness (QED) is 0.880. The van der Waals surface area contributed by atoms with Crippen molar-refractivity contribution in [1.29, 1.82) is 0 Å². The number of hydrogen-bond donors (Lipinski definition) is 2. The Bertz CT molecular complexity index is 549. The molecule has 0 bridgehead atoms.